The predicted octanol–water partition coefficient (Wildman–Crippen LogP) is 1.14. The van der Waals surface area contributed by atoms with Crippen LogP contribution in [0.4, 0.5) is 5.69 Å². The summed E-state index contributed by atoms with van der Waals surface area (Å²) in [7, 11) is -3.71. The van der Waals surface area contributed by atoms with Crippen molar-refractivity contribution in [1.82, 2.24) is 5.32 Å². The molecule has 0 saturated carbocycles. The van der Waals surface area contributed by atoms with E-state index in [2.05, 4.69) is 5.32 Å². The third-order valence-electron chi connectivity index (χ3n) is 3.50. The van der Waals surface area contributed by atoms with Crippen molar-refractivity contribution in [1.29, 1.82) is 0 Å². The van der Waals surface area contributed by atoms with E-state index in [0.717, 1.165) is 5.56 Å². The Bertz CT molecular complexity index is 862. The number of rotatable bonds is 7. The molecule has 8 nitrogen and oxygen atoms in total. The number of primary sulfonamides is 1. The van der Waals surface area contributed by atoms with Crippen LogP contribution in [0, 0.1) is 10.1 Å². The predicted molar refractivity (Wildman–Crippen MR) is 91.3 cm³/mol. The third-order valence-corrected chi connectivity index (χ3v) is 4.43. The summed E-state index contributed by atoms with van der Waals surface area (Å²) >= 11 is 0. The zero-order valence-corrected chi connectivity index (χ0v) is 14.0. The molecule has 25 heavy (non-hydrogen) atoms. The summed E-state index contributed by atoms with van der Waals surface area (Å²) in [4.78, 5) is 22.0. The highest BCUT2D eigenvalue weighted by atomic mass is 32.2. The largest absolute Gasteiger partial charge is 0.355 e. The van der Waals surface area contributed by atoms with Crippen LogP contribution in [0.2, 0.25) is 0 Å². The molecule has 1 amide bonds. The molecule has 0 saturated heterocycles. The van der Waals surface area contributed by atoms with E-state index >= 15 is 0 Å². The summed E-state index contributed by atoms with van der Waals surface area (Å²) < 4.78 is 22.3. The number of hydrogen-bond acceptors (Lipinski definition) is 5. The first kappa shape index (κ1) is 18.6. The molecular formula is C16H17N3O5S. The maximum absolute atomic E-state index is 11.9. The summed E-state index contributed by atoms with van der Waals surface area (Å²) in [5.74, 6) is -0.199. The number of carbonyl (C=O) groups is 1. The molecule has 0 bridgehead atoms. The van der Waals surface area contributed by atoms with Crippen LogP contribution in [0.25, 0.3) is 0 Å². The quantitative estimate of drug-likeness (QED) is 0.562. The van der Waals surface area contributed by atoms with Gasteiger partial charge in [0, 0.05) is 18.7 Å². The number of hydrogen-bond donors (Lipinski definition) is 2. The average molecular weight is 363 g/mol. The van der Waals surface area contributed by atoms with Crippen molar-refractivity contribution in [2.75, 3.05) is 6.54 Å². The van der Waals surface area contributed by atoms with Gasteiger partial charge in [-0.05, 0) is 29.7 Å². The van der Waals surface area contributed by atoms with Crippen molar-refractivity contribution in [2.24, 2.45) is 5.14 Å². The molecule has 0 radical (unpaired) electrons. The van der Waals surface area contributed by atoms with Gasteiger partial charge >= 0.3 is 0 Å². The number of nitrogens with one attached hydrogen (secondary N) is 1. The van der Waals surface area contributed by atoms with Crippen LogP contribution < -0.4 is 10.5 Å². The number of carbonyl (C=O) groups excluding carboxylic acids is 1. The van der Waals surface area contributed by atoms with Crippen LogP contribution in [0.5, 0.6) is 0 Å². The van der Waals surface area contributed by atoms with Gasteiger partial charge in [-0.15, -0.1) is 0 Å². The van der Waals surface area contributed by atoms with Crippen molar-refractivity contribution in [3.05, 3.63) is 69.8 Å². The second-order valence-corrected chi connectivity index (χ2v) is 6.95. The highest BCUT2D eigenvalue weighted by Gasteiger charge is 2.08. The van der Waals surface area contributed by atoms with Crippen LogP contribution in [0.15, 0.2) is 53.4 Å². The molecule has 0 aliphatic rings. The fraction of sp³-hybridized carbons (Fsp3) is 0.188. The van der Waals surface area contributed by atoms with E-state index in [1.54, 1.807) is 24.3 Å². The molecule has 0 fully saturated rings. The van der Waals surface area contributed by atoms with Gasteiger partial charge in [0.2, 0.25) is 15.9 Å². The molecule has 0 heterocycles. The highest BCUT2D eigenvalue weighted by molar-refractivity contribution is 7.89. The topological polar surface area (TPSA) is 132 Å². The van der Waals surface area contributed by atoms with Gasteiger partial charge in [0.15, 0.2) is 0 Å². The lowest BCUT2D eigenvalue weighted by molar-refractivity contribution is -0.384. The number of amides is 1. The maximum atomic E-state index is 11.9. The van der Waals surface area contributed by atoms with E-state index < -0.39 is 14.9 Å². The number of nitrogens with two attached hydrogens (primary N) is 1. The smallest absolute Gasteiger partial charge is 0.269 e. The molecule has 0 spiro atoms. The van der Waals surface area contributed by atoms with Crippen LogP contribution in [-0.2, 0) is 27.7 Å². The fourth-order valence-electron chi connectivity index (χ4n) is 2.18. The van der Waals surface area contributed by atoms with E-state index in [1.165, 1.54) is 24.3 Å². The summed E-state index contributed by atoms with van der Waals surface area (Å²) in [6.07, 6.45) is 0.666. The number of nitro benzene ring substituents is 1. The summed E-state index contributed by atoms with van der Waals surface area (Å²) in [5, 5.41) is 18.3. The monoisotopic (exact) mass is 363 g/mol. The van der Waals surface area contributed by atoms with Crippen molar-refractivity contribution in [3.63, 3.8) is 0 Å². The summed E-state index contributed by atoms with van der Waals surface area (Å²) in [5.41, 5.74) is 1.52. The van der Waals surface area contributed by atoms with Gasteiger partial charge in [0.05, 0.1) is 16.2 Å². The van der Waals surface area contributed by atoms with Gasteiger partial charge in [0.1, 0.15) is 0 Å². The number of nitrogens with zero attached hydrogens (tertiary/aromatic N) is 1. The number of nitro groups is 1. The summed E-state index contributed by atoms with van der Waals surface area (Å²) in [6.45, 7) is 0.389. The SMILES string of the molecule is NS(=O)(=O)c1ccc(CCNC(=O)Cc2ccc([N+](=O)[O-])cc2)cc1. The molecular weight excluding hydrogens is 346 g/mol. The number of non-ortho nitro benzene ring substituents is 1. The molecule has 9 heteroatoms. The zero-order chi connectivity index (χ0) is 18.4. The molecule has 0 aromatic heterocycles. The first-order chi connectivity index (χ1) is 11.8. The Hall–Kier alpha value is -2.78. The Labute approximate surface area is 144 Å². The van der Waals surface area contributed by atoms with Crippen molar-refractivity contribution < 1.29 is 18.1 Å². The van der Waals surface area contributed by atoms with Crippen molar-refractivity contribution in [3.8, 4) is 0 Å². The van der Waals surface area contributed by atoms with Gasteiger partial charge in [0.25, 0.3) is 5.69 Å². The van der Waals surface area contributed by atoms with Gasteiger partial charge in [-0.25, -0.2) is 13.6 Å². The Kier molecular flexibility index (Phi) is 5.84. The first-order valence-electron chi connectivity index (χ1n) is 7.37. The van der Waals surface area contributed by atoms with Crippen LogP contribution in [0.1, 0.15) is 11.1 Å². The number of sulfonamides is 1. The molecule has 2 aromatic carbocycles. The molecule has 132 valence electrons. The number of benzene rings is 2. The fourth-order valence-corrected chi connectivity index (χ4v) is 2.69. The van der Waals surface area contributed by atoms with E-state index in [9.17, 15) is 23.3 Å². The minimum atomic E-state index is -3.71. The molecule has 0 aliphatic carbocycles. The second-order valence-electron chi connectivity index (χ2n) is 5.39. The van der Waals surface area contributed by atoms with E-state index in [1.807, 2.05) is 0 Å². The minimum absolute atomic E-state index is 0.0212. The van der Waals surface area contributed by atoms with E-state index in [-0.39, 0.29) is 22.9 Å². The highest BCUT2D eigenvalue weighted by Crippen LogP contribution is 2.12. The van der Waals surface area contributed by atoms with Crippen LogP contribution >= 0.6 is 0 Å². The normalized spacial score (nSPS) is 11.1. The maximum Gasteiger partial charge on any atom is 0.269 e. The van der Waals surface area contributed by atoms with Crippen LogP contribution in [-0.4, -0.2) is 25.8 Å². The average Bonchev–Trinajstić information content (AvgIpc) is 2.55. The van der Waals surface area contributed by atoms with Gasteiger partial charge in [-0.1, -0.05) is 24.3 Å². The molecule has 2 aromatic rings. The summed E-state index contributed by atoms with van der Waals surface area (Å²) in [6, 6.07) is 11.9. The molecule has 0 atom stereocenters. The lowest BCUT2D eigenvalue weighted by atomic mass is 10.1. The third kappa shape index (κ3) is 5.66. The first-order valence-corrected chi connectivity index (χ1v) is 8.92. The zero-order valence-electron chi connectivity index (χ0n) is 13.2. The minimum Gasteiger partial charge on any atom is -0.355 e. The van der Waals surface area contributed by atoms with Gasteiger partial charge in [-0.3, -0.25) is 14.9 Å². The van der Waals surface area contributed by atoms with Crippen molar-refractivity contribution in [2.45, 2.75) is 17.7 Å². The van der Waals surface area contributed by atoms with Gasteiger partial charge < -0.3 is 5.32 Å². The molecule has 0 unspecified atom stereocenters. The van der Waals surface area contributed by atoms with Crippen LogP contribution in [0.3, 0.4) is 0 Å². The lowest BCUT2D eigenvalue weighted by Gasteiger charge is -2.06. The van der Waals surface area contributed by atoms with E-state index in [4.69, 9.17) is 5.14 Å². The molecule has 0 aliphatic heterocycles. The lowest BCUT2D eigenvalue weighted by Crippen LogP contribution is -2.27. The Morgan fingerprint density at radius 3 is 2.12 bits per heavy atom. The van der Waals surface area contributed by atoms with Gasteiger partial charge in [-0.2, -0.15) is 0 Å². The second kappa shape index (κ2) is 7.86. The Morgan fingerprint density at radius 2 is 1.60 bits per heavy atom. The Balaban J connectivity index is 1.81. The molecule has 3 N–H and O–H groups in total. The molecule has 2 rings (SSSR count). The van der Waals surface area contributed by atoms with Crippen molar-refractivity contribution >= 4 is 21.6 Å². The standard InChI is InChI=1S/C16H17N3O5S/c17-25(23,24)15-7-3-12(4-8-15)9-10-18-16(20)11-13-1-5-14(6-2-13)19(21)22/h1-8H,9-11H2,(H,18,20)(H2,17,23,24). The van der Waals surface area contributed by atoms with E-state index in [0.29, 0.717) is 18.5 Å². The Morgan fingerprint density at radius 1 is 1.04 bits per heavy atom.